The molecule has 4 atom stereocenters. The molecular formula is C58H71N15O6S. The molecule has 4 aliphatic rings. The van der Waals surface area contributed by atoms with Crippen LogP contribution in [0.15, 0.2) is 83.1 Å². The summed E-state index contributed by atoms with van der Waals surface area (Å²) in [7, 11) is 0. The number of phenolic OH excluding ortho intramolecular Hbond substituents is 1. The van der Waals surface area contributed by atoms with Gasteiger partial charge in [-0.15, -0.1) is 21.5 Å². The minimum atomic E-state index is -0.814. The van der Waals surface area contributed by atoms with Crippen molar-refractivity contribution in [2.75, 3.05) is 74.4 Å². The van der Waals surface area contributed by atoms with Crippen LogP contribution >= 0.6 is 11.3 Å². The summed E-state index contributed by atoms with van der Waals surface area (Å²) in [6.07, 6.45) is 8.17. The number of likely N-dealkylation sites (tertiary alicyclic amines) is 2. The smallest absolute Gasteiger partial charge is 0.254 e. The zero-order valence-electron chi connectivity index (χ0n) is 45.8. The molecule has 0 spiro atoms. The van der Waals surface area contributed by atoms with E-state index in [1.165, 1.54) is 4.90 Å². The lowest BCUT2D eigenvalue weighted by molar-refractivity contribution is -0.141. The van der Waals surface area contributed by atoms with Crippen molar-refractivity contribution in [2.24, 2.45) is 17.8 Å². The van der Waals surface area contributed by atoms with E-state index in [2.05, 4.69) is 60.7 Å². The number of fused-ring (bicyclic) bond motifs is 1. The Bertz CT molecular complexity index is 3290. The quantitative estimate of drug-likeness (QED) is 0.0668. The number of para-hydroxylation sites is 1. The fourth-order valence-corrected chi connectivity index (χ4v) is 12.9. The molecule has 420 valence electrons. The van der Waals surface area contributed by atoms with E-state index in [4.69, 9.17) is 10.3 Å². The van der Waals surface area contributed by atoms with Gasteiger partial charge in [0.1, 0.15) is 17.7 Å². The second kappa shape index (κ2) is 23.6. The molecule has 5 aromatic heterocycles. The SMILES string of the molecule is Cc1ncsc1-c1ccc([C@H](C)NC(=O)[C@@H]2C[C@@H](O)CN2C(=O)C(c2cc(N3CCC(CN4CCC(CNC(=O)c5cnc(N6CCC(n7nc(N)c8nnc(-c9ccccc9O)cc87)CC6)nc5)CC4)CC3)no2)C(C)C)cc1. The average molecular weight is 1110 g/mol. The number of thiazole rings is 1. The number of piperidine rings is 3. The third-order valence-corrected chi connectivity index (χ3v) is 17.7. The molecule has 0 saturated carbocycles. The van der Waals surface area contributed by atoms with Crippen molar-refractivity contribution < 1.29 is 29.1 Å². The summed E-state index contributed by atoms with van der Waals surface area (Å²) in [5, 5.41) is 45.2. The van der Waals surface area contributed by atoms with Crippen LogP contribution in [0.4, 0.5) is 17.6 Å². The van der Waals surface area contributed by atoms with Crippen molar-refractivity contribution in [1.29, 1.82) is 0 Å². The summed E-state index contributed by atoms with van der Waals surface area (Å²) in [4.78, 5) is 64.6. The van der Waals surface area contributed by atoms with Crippen LogP contribution in [0.2, 0.25) is 0 Å². The van der Waals surface area contributed by atoms with Gasteiger partial charge in [-0.2, -0.15) is 5.10 Å². The summed E-state index contributed by atoms with van der Waals surface area (Å²) in [6.45, 7) is 14.6. The van der Waals surface area contributed by atoms with Gasteiger partial charge in [0.2, 0.25) is 17.8 Å². The number of carbonyl (C=O) groups excluding carboxylic acids is 3. The molecule has 2 aromatic carbocycles. The van der Waals surface area contributed by atoms with E-state index in [1.807, 2.05) is 80.4 Å². The highest BCUT2D eigenvalue weighted by Gasteiger charge is 2.44. The second-order valence-corrected chi connectivity index (χ2v) is 23.4. The predicted molar refractivity (Wildman–Crippen MR) is 305 cm³/mol. The number of aromatic hydroxyl groups is 1. The number of hydrogen-bond donors (Lipinski definition) is 5. The molecular weight excluding hydrogens is 1030 g/mol. The third-order valence-electron chi connectivity index (χ3n) is 16.8. The first-order valence-corrected chi connectivity index (χ1v) is 29.0. The molecule has 9 heterocycles. The number of phenols is 1. The van der Waals surface area contributed by atoms with E-state index < -0.39 is 18.1 Å². The molecule has 11 rings (SSSR count). The first-order valence-electron chi connectivity index (χ1n) is 28.1. The number of carbonyl (C=O) groups is 3. The molecule has 1 unspecified atom stereocenters. The predicted octanol–water partition coefficient (Wildman–Crippen LogP) is 6.77. The van der Waals surface area contributed by atoms with E-state index in [-0.39, 0.29) is 54.4 Å². The van der Waals surface area contributed by atoms with Crippen LogP contribution in [0, 0.1) is 24.7 Å². The largest absolute Gasteiger partial charge is 0.507 e. The van der Waals surface area contributed by atoms with Crippen LogP contribution in [0.3, 0.4) is 0 Å². The number of aliphatic hydroxyl groups excluding tert-OH is 1. The van der Waals surface area contributed by atoms with Gasteiger partial charge in [0.25, 0.3) is 5.91 Å². The molecule has 7 aromatic rings. The molecule has 80 heavy (non-hydrogen) atoms. The number of nitrogens with zero attached hydrogens (tertiary/aromatic N) is 12. The van der Waals surface area contributed by atoms with Gasteiger partial charge in [0.15, 0.2) is 22.9 Å². The lowest BCUT2D eigenvalue weighted by atomic mass is 9.91. The Morgan fingerprint density at radius 1 is 0.863 bits per heavy atom. The number of benzene rings is 2. The Morgan fingerprint density at radius 2 is 1.57 bits per heavy atom. The van der Waals surface area contributed by atoms with Crippen molar-refractivity contribution in [1.82, 2.24) is 60.5 Å². The zero-order valence-corrected chi connectivity index (χ0v) is 46.6. The normalized spacial score (nSPS) is 19.7. The molecule has 21 nitrogen and oxygen atoms in total. The molecule has 6 N–H and O–H groups in total. The van der Waals surface area contributed by atoms with Crippen molar-refractivity contribution in [3.63, 3.8) is 0 Å². The highest BCUT2D eigenvalue weighted by atomic mass is 32.1. The van der Waals surface area contributed by atoms with Gasteiger partial charge in [0, 0.05) is 76.3 Å². The molecule has 22 heteroatoms. The lowest BCUT2D eigenvalue weighted by Crippen LogP contribution is -2.48. The van der Waals surface area contributed by atoms with Gasteiger partial charge in [-0.1, -0.05) is 55.4 Å². The molecule has 0 bridgehead atoms. The van der Waals surface area contributed by atoms with Crippen LogP contribution in [-0.4, -0.2) is 149 Å². The highest BCUT2D eigenvalue weighted by Crippen LogP contribution is 2.36. The number of nitrogen functional groups attached to an aromatic ring is 1. The van der Waals surface area contributed by atoms with Crippen molar-refractivity contribution >= 4 is 57.7 Å². The average Bonchev–Trinajstić information content (AvgIpc) is 4.35. The second-order valence-electron chi connectivity index (χ2n) is 22.5. The van der Waals surface area contributed by atoms with Gasteiger partial charge < -0.3 is 50.7 Å². The van der Waals surface area contributed by atoms with E-state index in [1.54, 1.807) is 41.9 Å². The van der Waals surface area contributed by atoms with Crippen molar-refractivity contribution in [3.8, 4) is 27.4 Å². The minimum absolute atomic E-state index is 0.0677. The molecule has 3 amide bonds. The molecule has 4 saturated heterocycles. The van der Waals surface area contributed by atoms with Gasteiger partial charge in [-0.3, -0.25) is 19.1 Å². The first-order chi connectivity index (χ1) is 38.7. The molecule has 0 radical (unpaired) electrons. The van der Waals surface area contributed by atoms with E-state index in [9.17, 15) is 24.6 Å². The maximum absolute atomic E-state index is 14.4. The topological polar surface area (TPSA) is 263 Å². The standard InChI is InChI=1S/C58H71N15O6S/c1-34(2)51(57(78)72-32-43(74)25-47(72)56(77)64-35(3)39-9-11-40(12-10-39)53-36(4)63-33-80-53)49-27-50(68-79-49)70-21-15-38(16-22-70)31-69-19-13-37(14-20-69)28-60-55(76)41-29-61-58(62-30-41)71-23-17-42(18-24-71)73-46-26-45(44-7-5-6-8-48(44)75)65-66-52(46)54(59)67-73/h5-12,26-27,29-30,33-35,37-38,42-43,47,51,74-75H,13-25,28,31-32H2,1-4H3,(H2,59,67)(H,60,76)(H,64,77)/t35-,43+,47-,51?/m0/s1. The minimum Gasteiger partial charge on any atom is -0.507 e. The summed E-state index contributed by atoms with van der Waals surface area (Å²) < 4.78 is 7.86. The third kappa shape index (κ3) is 11.7. The number of nitrogens with two attached hydrogens (primary N) is 1. The van der Waals surface area contributed by atoms with Gasteiger partial charge in [-0.05, 0) is 113 Å². The van der Waals surface area contributed by atoms with Crippen LogP contribution < -0.4 is 26.2 Å². The van der Waals surface area contributed by atoms with Crippen LogP contribution in [-0.2, 0) is 9.59 Å². The van der Waals surface area contributed by atoms with Gasteiger partial charge in [-0.25, -0.2) is 15.0 Å². The first kappa shape index (κ1) is 54.4. The Balaban J connectivity index is 0.602. The van der Waals surface area contributed by atoms with E-state index in [0.29, 0.717) is 77.2 Å². The fraction of sp³-hybridized carbons (Fsp3) is 0.483. The summed E-state index contributed by atoms with van der Waals surface area (Å²) >= 11 is 1.59. The van der Waals surface area contributed by atoms with Crippen molar-refractivity contribution in [2.45, 2.75) is 103 Å². The van der Waals surface area contributed by atoms with Gasteiger partial charge >= 0.3 is 0 Å². The van der Waals surface area contributed by atoms with E-state index in [0.717, 1.165) is 98.5 Å². The Morgan fingerprint density at radius 3 is 2.27 bits per heavy atom. The number of anilines is 3. The van der Waals surface area contributed by atoms with Gasteiger partial charge in [0.05, 0.1) is 51.0 Å². The van der Waals surface area contributed by atoms with Crippen LogP contribution in [0.5, 0.6) is 5.75 Å². The number of aliphatic hydroxyl groups is 1. The van der Waals surface area contributed by atoms with Crippen molar-refractivity contribution in [3.05, 3.63) is 101 Å². The number of aryl methyl sites for hydroxylation is 1. The van der Waals surface area contributed by atoms with Crippen LogP contribution in [0.25, 0.3) is 32.7 Å². The number of nitrogens with one attached hydrogen (secondary N) is 2. The summed E-state index contributed by atoms with van der Waals surface area (Å²) in [5.41, 5.74) is 14.0. The molecule has 0 aliphatic carbocycles. The monoisotopic (exact) mass is 1110 g/mol. The number of β-amino-alcohol motifs (C(OH)–C–C–N with tert-alkyl or cyclic N) is 1. The Labute approximate surface area is 469 Å². The van der Waals surface area contributed by atoms with Crippen LogP contribution in [0.1, 0.15) is 111 Å². The summed E-state index contributed by atoms with van der Waals surface area (Å²) in [6, 6.07) is 17.8. The lowest BCUT2D eigenvalue weighted by Gasteiger charge is -2.37. The Hall–Kier alpha value is -7.56. The highest BCUT2D eigenvalue weighted by molar-refractivity contribution is 7.13. The Kier molecular flexibility index (Phi) is 16.1. The van der Waals surface area contributed by atoms with E-state index >= 15 is 0 Å². The molecule has 4 aliphatic heterocycles. The number of amides is 3. The number of aromatic nitrogens is 8. The number of hydrogen-bond acceptors (Lipinski definition) is 18. The molecule has 4 fully saturated rings. The fourth-order valence-electron chi connectivity index (χ4n) is 12.1. The maximum Gasteiger partial charge on any atom is 0.254 e. The summed E-state index contributed by atoms with van der Waals surface area (Å²) in [5.74, 6) is 1.61. The maximum atomic E-state index is 14.4. The number of rotatable bonds is 16. The zero-order chi connectivity index (χ0) is 55.6.